The van der Waals surface area contributed by atoms with E-state index < -0.39 is 0 Å². The zero-order valence-electron chi connectivity index (χ0n) is 28.1. The second-order valence-corrected chi connectivity index (χ2v) is 13.3. The van der Waals surface area contributed by atoms with Crippen LogP contribution in [0.3, 0.4) is 0 Å². The third-order valence-electron chi connectivity index (χ3n) is 8.28. The number of unbranched alkanes of at least 4 members (excludes halogenated alkanes) is 11. The Morgan fingerprint density at radius 3 is 1.73 bits per heavy atom. The van der Waals surface area contributed by atoms with Crippen LogP contribution in [0.1, 0.15) is 122 Å². The molecule has 3 heterocycles. The monoisotopic (exact) mass is 657 g/mol. The van der Waals surface area contributed by atoms with E-state index in [1.165, 1.54) is 38.5 Å². The maximum atomic E-state index is 12.0. The van der Waals surface area contributed by atoms with Gasteiger partial charge in [0.2, 0.25) is 17.7 Å². The average molecular weight is 658 g/mol. The number of fused-ring (bicyclic) bond motifs is 1. The number of carbonyl (C=O) groups is 4. The first kappa shape index (κ1) is 41.0. The summed E-state index contributed by atoms with van der Waals surface area (Å²) in [6.07, 6.45) is 17.4. The second kappa shape index (κ2) is 27.1. The molecule has 0 saturated carbocycles. The van der Waals surface area contributed by atoms with Crippen LogP contribution < -0.4 is 21.3 Å². The van der Waals surface area contributed by atoms with Gasteiger partial charge in [0.1, 0.15) is 0 Å². The Hall–Kier alpha value is -2.05. The molecule has 0 aliphatic carbocycles. The summed E-state index contributed by atoms with van der Waals surface area (Å²) in [5.41, 5.74) is 0. The Balaban J connectivity index is 0.000000763. The van der Waals surface area contributed by atoms with Crippen LogP contribution in [-0.4, -0.2) is 102 Å². The molecule has 0 aromatic rings. The van der Waals surface area contributed by atoms with Gasteiger partial charge in [-0.05, 0) is 38.5 Å². The molecule has 11 nitrogen and oxygen atoms in total. The first-order valence-electron chi connectivity index (χ1n) is 17.5. The van der Waals surface area contributed by atoms with Gasteiger partial charge < -0.3 is 36.4 Å². The third kappa shape index (κ3) is 20.6. The van der Waals surface area contributed by atoms with Crippen molar-refractivity contribution in [2.45, 2.75) is 141 Å². The highest BCUT2D eigenvalue weighted by Gasteiger charge is 2.35. The Morgan fingerprint density at radius 2 is 1.22 bits per heavy atom. The fourth-order valence-electron chi connectivity index (χ4n) is 5.54. The number of amides is 5. The summed E-state index contributed by atoms with van der Waals surface area (Å²) < 4.78 is 0. The van der Waals surface area contributed by atoms with Gasteiger partial charge in [0.15, 0.2) is 0 Å². The molecule has 3 saturated heterocycles. The number of thioether (sulfide) groups is 1. The Bertz CT molecular complexity index is 806. The molecule has 5 amide bonds. The van der Waals surface area contributed by atoms with Crippen LogP contribution in [0.25, 0.3) is 0 Å². The van der Waals surface area contributed by atoms with E-state index in [1.54, 1.807) is 4.90 Å². The molecule has 3 atom stereocenters. The SMILES string of the molecule is CCCCC(=O)NCCCCCCCCCCCC(=O)NCCCCCC(=O)N1CCC(O)C1.CO.O=C1NC2CSCC2N1. The van der Waals surface area contributed by atoms with Crippen molar-refractivity contribution in [3.63, 3.8) is 0 Å². The van der Waals surface area contributed by atoms with E-state index in [0.717, 1.165) is 76.5 Å². The predicted octanol–water partition coefficient (Wildman–Crippen LogP) is 3.86. The average Bonchev–Trinajstić information content (AvgIpc) is 3.76. The van der Waals surface area contributed by atoms with E-state index in [4.69, 9.17) is 5.11 Å². The lowest BCUT2D eigenvalue weighted by Gasteiger charge is -2.15. The van der Waals surface area contributed by atoms with Gasteiger partial charge in [-0.15, -0.1) is 0 Å². The highest BCUT2D eigenvalue weighted by atomic mass is 32.2. The number of hydrogen-bond acceptors (Lipinski definition) is 7. The molecule has 0 aromatic carbocycles. The van der Waals surface area contributed by atoms with E-state index in [9.17, 15) is 24.3 Å². The van der Waals surface area contributed by atoms with Crippen molar-refractivity contribution in [1.29, 1.82) is 0 Å². The van der Waals surface area contributed by atoms with Crippen LogP contribution >= 0.6 is 11.8 Å². The number of β-amino-alcohol motifs (C(OH)–C–C–N with tert-alkyl or cyclic N) is 1. The standard InChI is InChI=1S/C27H51N3O4.C5H8N2OS.CH4O/c1-2-3-16-25(32)28-20-14-10-8-6-4-5-7-9-12-17-26(33)29-21-15-11-13-18-27(34)30-22-19-24(31)23-30;8-5-6-3-1-9-2-4(3)7-5;1-2/h24,31H,2-23H2,1H3,(H,28,32)(H,29,33);3-4H,1-2H2,(H2,6,7,8);2H,1H3. The molecule has 45 heavy (non-hydrogen) atoms. The Kier molecular flexibility index (Phi) is 24.7. The van der Waals surface area contributed by atoms with E-state index in [0.29, 0.717) is 57.4 Å². The molecule has 262 valence electrons. The molecule has 3 aliphatic rings. The summed E-state index contributed by atoms with van der Waals surface area (Å²) in [5, 5.41) is 28.2. The molecular weight excluding hydrogens is 594 g/mol. The summed E-state index contributed by atoms with van der Waals surface area (Å²) in [6.45, 7) is 4.77. The molecule has 6 N–H and O–H groups in total. The van der Waals surface area contributed by atoms with Crippen LogP contribution in [-0.2, 0) is 14.4 Å². The van der Waals surface area contributed by atoms with E-state index >= 15 is 0 Å². The minimum absolute atomic E-state index is 0.00491. The first-order chi connectivity index (χ1) is 21.9. The maximum Gasteiger partial charge on any atom is 0.315 e. The van der Waals surface area contributed by atoms with Crippen LogP contribution in [0, 0.1) is 0 Å². The Labute approximate surface area is 276 Å². The van der Waals surface area contributed by atoms with Crippen molar-refractivity contribution < 1.29 is 29.4 Å². The maximum absolute atomic E-state index is 12.0. The van der Waals surface area contributed by atoms with Crippen molar-refractivity contribution in [3.8, 4) is 0 Å². The molecule has 3 aliphatic heterocycles. The number of nitrogens with one attached hydrogen (secondary N) is 4. The summed E-state index contributed by atoms with van der Waals surface area (Å²) in [6, 6.07) is 0.815. The van der Waals surface area contributed by atoms with Gasteiger partial charge in [0.25, 0.3) is 0 Å². The van der Waals surface area contributed by atoms with Crippen LogP contribution in [0.2, 0.25) is 0 Å². The van der Waals surface area contributed by atoms with Crippen molar-refractivity contribution in [1.82, 2.24) is 26.2 Å². The van der Waals surface area contributed by atoms with Crippen molar-refractivity contribution >= 4 is 35.5 Å². The quantitative estimate of drug-likeness (QED) is 0.0808. The van der Waals surface area contributed by atoms with E-state index in [-0.39, 0.29) is 29.9 Å². The number of rotatable bonds is 21. The highest BCUT2D eigenvalue weighted by molar-refractivity contribution is 7.99. The molecule has 3 unspecified atom stereocenters. The topological polar surface area (TPSA) is 160 Å². The lowest BCUT2D eigenvalue weighted by Crippen LogP contribution is -2.31. The van der Waals surface area contributed by atoms with Gasteiger partial charge in [-0.2, -0.15) is 11.8 Å². The van der Waals surface area contributed by atoms with Crippen molar-refractivity contribution in [2.75, 3.05) is 44.8 Å². The summed E-state index contributed by atoms with van der Waals surface area (Å²) in [5.74, 6) is 2.62. The van der Waals surface area contributed by atoms with Gasteiger partial charge in [-0.25, -0.2) is 4.79 Å². The van der Waals surface area contributed by atoms with Gasteiger partial charge in [-0.3, -0.25) is 14.4 Å². The van der Waals surface area contributed by atoms with Crippen LogP contribution in [0.15, 0.2) is 0 Å². The normalized spacial score (nSPS) is 19.8. The lowest BCUT2D eigenvalue weighted by atomic mass is 10.1. The fraction of sp³-hybridized carbons (Fsp3) is 0.879. The number of hydrogen-bond donors (Lipinski definition) is 6. The number of nitrogens with zero attached hydrogens (tertiary/aromatic N) is 1. The third-order valence-corrected chi connectivity index (χ3v) is 9.47. The van der Waals surface area contributed by atoms with Gasteiger partial charge in [0.05, 0.1) is 18.2 Å². The molecule has 0 radical (unpaired) electrons. The highest BCUT2D eigenvalue weighted by Crippen LogP contribution is 2.20. The number of aliphatic hydroxyl groups excluding tert-OH is 2. The van der Waals surface area contributed by atoms with E-state index in [2.05, 4.69) is 28.2 Å². The molecule has 3 fully saturated rings. The predicted molar refractivity (Wildman–Crippen MR) is 182 cm³/mol. The largest absolute Gasteiger partial charge is 0.400 e. The van der Waals surface area contributed by atoms with E-state index in [1.807, 2.05) is 11.8 Å². The molecule has 12 heteroatoms. The molecule has 0 bridgehead atoms. The Morgan fingerprint density at radius 1 is 0.756 bits per heavy atom. The minimum Gasteiger partial charge on any atom is -0.400 e. The number of likely N-dealkylation sites (tertiary alicyclic amines) is 1. The summed E-state index contributed by atoms with van der Waals surface area (Å²) >= 11 is 1.89. The zero-order chi connectivity index (χ0) is 33.1. The summed E-state index contributed by atoms with van der Waals surface area (Å²) in [4.78, 5) is 47.8. The summed E-state index contributed by atoms with van der Waals surface area (Å²) in [7, 11) is 1.00. The second-order valence-electron chi connectivity index (χ2n) is 12.2. The number of carbonyl (C=O) groups excluding carboxylic acids is 4. The molecule has 0 aromatic heterocycles. The molecule has 0 spiro atoms. The fourth-order valence-corrected chi connectivity index (χ4v) is 6.81. The lowest BCUT2D eigenvalue weighted by molar-refractivity contribution is -0.130. The number of aliphatic hydroxyl groups is 2. The molecular formula is C33H63N5O6S. The van der Waals surface area contributed by atoms with Crippen molar-refractivity contribution in [2.24, 2.45) is 0 Å². The minimum atomic E-state index is -0.350. The van der Waals surface area contributed by atoms with Crippen LogP contribution in [0.5, 0.6) is 0 Å². The smallest absolute Gasteiger partial charge is 0.315 e. The first-order valence-corrected chi connectivity index (χ1v) is 18.6. The van der Waals surface area contributed by atoms with Gasteiger partial charge >= 0.3 is 6.03 Å². The molecule has 3 rings (SSSR count). The van der Waals surface area contributed by atoms with Gasteiger partial charge in [-0.1, -0.05) is 64.7 Å². The zero-order valence-corrected chi connectivity index (χ0v) is 28.9. The number of urea groups is 1. The van der Waals surface area contributed by atoms with Gasteiger partial charge in [0, 0.05) is 64.1 Å². The van der Waals surface area contributed by atoms with Crippen molar-refractivity contribution in [3.05, 3.63) is 0 Å². The van der Waals surface area contributed by atoms with Crippen LogP contribution in [0.4, 0.5) is 4.79 Å².